The summed E-state index contributed by atoms with van der Waals surface area (Å²) >= 11 is 0. The fourth-order valence-corrected chi connectivity index (χ4v) is 2.04. The van der Waals surface area contributed by atoms with E-state index in [2.05, 4.69) is 54.8 Å². The maximum Gasteiger partial charge on any atom is 0.242 e. The molecule has 0 spiro atoms. The first-order chi connectivity index (χ1) is 10.5. The Kier molecular flexibility index (Phi) is 7.95. The summed E-state index contributed by atoms with van der Waals surface area (Å²) in [6.07, 6.45) is 0.922. The summed E-state index contributed by atoms with van der Waals surface area (Å²) in [5.74, 6) is 2.15. The van der Waals surface area contributed by atoms with Gasteiger partial charge in [-0.3, -0.25) is 0 Å². The number of nitrogen functional groups attached to an aromatic ring is 1. The number of ether oxygens (including phenoxy) is 1. The molecule has 0 saturated carbocycles. The summed E-state index contributed by atoms with van der Waals surface area (Å²) in [7, 11) is 0. The van der Waals surface area contributed by atoms with Gasteiger partial charge in [-0.15, -0.1) is 0 Å². The Labute approximate surface area is 134 Å². The van der Waals surface area contributed by atoms with Crippen LogP contribution in [0.25, 0.3) is 0 Å². The minimum Gasteiger partial charge on any atom is -0.476 e. The standard InChI is InChI=1S/C16H31N5O/c1-6-11-22-16-13(17)15(19-14(20-16)12(4)5)18-9-10-21(7-2)8-3/h12H,6-11,17H2,1-5H3,(H,18,19,20). The Bertz CT molecular complexity index is 446. The normalized spacial score (nSPS) is 11.2. The van der Waals surface area contributed by atoms with Crippen LogP contribution in [0.1, 0.15) is 52.8 Å². The summed E-state index contributed by atoms with van der Waals surface area (Å²) in [5, 5.41) is 3.33. The van der Waals surface area contributed by atoms with Gasteiger partial charge in [0.05, 0.1) is 6.61 Å². The minimum absolute atomic E-state index is 0.230. The van der Waals surface area contributed by atoms with Gasteiger partial charge < -0.3 is 20.7 Å². The van der Waals surface area contributed by atoms with Crippen LogP contribution in [0.3, 0.4) is 0 Å². The van der Waals surface area contributed by atoms with Gasteiger partial charge in [-0.1, -0.05) is 34.6 Å². The predicted octanol–water partition coefficient (Wildman–Crippen LogP) is 2.72. The number of nitrogens with two attached hydrogens (primary N) is 1. The number of nitrogens with one attached hydrogen (secondary N) is 1. The largest absolute Gasteiger partial charge is 0.476 e. The Hall–Kier alpha value is -1.56. The van der Waals surface area contributed by atoms with Crippen LogP contribution in [0.15, 0.2) is 0 Å². The molecule has 6 heteroatoms. The molecule has 1 aromatic rings. The highest BCUT2D eigenvalue weighted by Crippen LogP contribution is 2.28. The van der Waals surface area contributed by atoms with E-state index in [4.69, 9.17) is 10.5 Å². The zero-order chi connectivity index (χ0) is 16.5. The molecule has 1 rings (SSSR count). The summed E-state index contributed by atoms with van der Waals surface area (Å²) in [6, 6.07) is 0. The topological polar surface area (TPSA) is 76.3 Å². The van der Waals surface area contributed by atoms with Gasteiger partial charge in [-0.05, 0) is 19.5 Å². The molecular formula is C16H31N5O. The van der Waals surface area contributed by atoms with Crippen LogP contribution in [-0.2, 0) is 0 Å². The zero-order valence-electron chi connectivity index (χ0n) is 14.6. The van der Waals surface area contributed by atoms with Gasteiger partial charge in [0.2, 0.25) is 5.88 Å². The number of hydrogen-bond donors (Lipinski definition) is 2. The first-order valence-electron chi connectivity index (χ1n) is 8.29. The van der Waals surface area contributed by atoms with Crippen LogP contribution in [0.5, 0.6) is 5.88 Å². The van der Waals surface area contributed by atoms with Crippen LogP contribution >= 0.6 is 0 Å². The van der Waals surface area contributed by atoms with Crippen LogP contribution in [0, 0.1) is 0 Å². The van der Waals surface area contributed by atoms with E-state index in [1.54, 1.807) is 0 Å². The van der Waals surface area contributed by atoms with Gasteiger partial charge in [0.15, 0.2) is 5.82 Å². The van der Waals surface area contributed by atoms with Gasteiger partial charge in [0.25, 0.3) is 0 Å². The molecule has 0 fully saturated rings. The Morgan fingerprint density at radius 3 is 2.41 bits per heavy atom. The highest BCUT2D eigenvalue weighted by molar-refractivity contribution is 5.67. The average molecular weight is 309 g/mol. The van der Waals surface area contributed by atoms with Gasteiger partial charge in [-0.2, -0.15) is 4.98 Å². The van der Waals surface area contributed by atoms with E-state index >= 15 is 0 Å². The zero-order valence-corrected chi connectivity index (χ0v) is 14.6. The number of nitrogens with zero attached hydrogens (tertiary/aromatic N) is 3. The molecule has 22 heavy (non-hydrogen) atoms. The van der Waals surface area contributed by atoms with E-state index < -0.39 is 0 Å². The summed E-state index contributed by atoms with van der Waals surface area (Å²) in [5.41, 5.74) is 6.65. The predicted molar refractivity (Wildman–Crippen MR) is 92.6 cm³/mol. The Morgan fingerprint density at radius 1 is 1.18 bits per heavy atom. The van der Waals surface area contributed by atoms with Gasteiger partial charge >= 0.3 is 0 Å². The lowest BCUT2D eigenvalue weighted by molar-refractivity contribution is 0.305. The van der Waals surface area contributed by atoms with Crippen molar-refractivity contribution in [2.75, 3.05) is 43.8 Å². The van der Waals surface area contributed by atoms with E-state index in [1.165, 1.54) is 0 Å². The van der Waals surface area contributed by atoms with Gasteiger partial charge in [0, 0.05) is 19.0 Å². The number of aromatic nitrogens is 2. The van der Waals surface area contributed by atoms with Crippen LogP contribution in [-0.4, -0.2) is 47.7 Å². The van der Waals surface area contributed by atoms with Crippen molar-refractivity contribution in [3.05, 3.63) is 5.82 Å². The van der Waals surface area contributed by atoms with Crippen molar-refractivity contribution in [3.63, 3.8) is 0 Å². The van der Waals surface area contributed by atoms with E-state index in [1.807, 2.05) is 0 Å². The lowest BCUT2D eigenvalue weighted by atomic mass is 10.2. The molecule has 0 aliphatic heterocycles. The molecule has 0 bridgehead atoms. The molecule has 0 aliphatic carbocycles. The first-order valence-corrected chi connectivity index (χ1v) is 8.29. The van der Waals surface area contributed by atoms with E-state index in [0.29, 0.717) is 24.0 Å². The Balaban J connectivity index is 2.84. The smallest absolute Gasteiger partial charge is 0.242 e. The molecule has 0 unspecified atom stereocenters. The molecule has 3 N–H and O–H groups in total. The van der Waals surface area contributed by atoms with Crippen LogP contribution in [0.2, 0.25) is 0 Å². The summed E-state index contributed by atoms with van der Waals surface area (Å²) < 4.78 is 5.66. The lowest BCUT2D eigenvalue weighted by Gasteiger charge is -2.19. The van der Waals surface area contributed by atoms with Crippen LogP contribution < -0.4 is 15.8 Å². The molecule has 0 atom stereocenters. The monoisotopic (exact) mass is 309 g/mol. The second-order valence-corrected chi connectivity index (χ2v) is 5.61. The van der Waals surface area contributed by atoms with Gasteiger partial charge in [-0.25, -0.2) is 4.98 Å². The maximum absolute atomic E-state index is 6.15. The summed E-state index contributed by atoms with van der Waals surface area (Å²) in [4.78, 5) is 11.3. The van der Waals surface area contributed by atoms with E-state index in [0.717, 1.165) is 38.4 Å². The molecule has 1 heterocycles. The number of hydrogen-bond acceptors (Lipinski definition) is 6. The molecule has 126 valence electrons. The maximum atomic E-state index is 6.15. The number of likely N-dealkylation sites (N-methyl/N-ethyl adjacent to an activating group) is 1. The van der Waals surface area contributed by atoms with Crippen LogP contribution in [0.4, 0.5) is 11.5 Å². The van der Waals surface area contributed by atoms with Crippen molar-refractivity contribution < 1.29 is 4.74 Å². The SMILES string of the molecule is CCCOc1nc(C(C)C)nc(NCCN(CC)CC)c1N. The molecule has 1 aromatic heterocycles. The second kappa shape index (κ2) is 9.46. The third kappa shape index (κ3) is 5.33. The fourth-order valence-electron chi connectivity index (χ4n) is 2.04. The van der Waals surface area contributed by atoms with E-state index in [9.17, 15) is 0 Å². The highest BCUT2D eigenvalue weighted by Gasteiger charge is 2.15. The molecule has 0 radical (unpaired) electrons. The van der Waals surface area contributed by atoms with Crippen molar-refractivity contribution in [1.29, 1.82) is 0 Å². The van der Waals surface area contributed by atoms with Crippen molar-refractivity contribution in [3.8, 4) is 5.88 Å². The third-order valence-corrected chi connectivity index (χ3v) is 3.50. The molecule has 0 aromatic carbocycles. The molecule has 0 amide bonds. The Morgan fingerprint density at radius 2 is 1.86 bits per heavy atom. The molecule has 6 nitrogen and oxygen atoms in total. The highest BCUT2D eigenvalue weighted by atomic mass is 16.5. The summed E-state index contributed by atoms with van der Waals surface area (Å²) in [6.45, 7) is 15.0. The van der Waals surface area contributed by atoms with Crippen molar-refractivity contribution in [1.82, 2.24) is 14.9 Å². The minimum atomic E-state index is 0.230. The molecule has 0 aliphatic rings. The molecular weight excluding hydrogens is 278 g/mol. The van der Waals surface area contributed by atoms with E-state index in [-0.39, 0.29) is 5.92 Å². The third-order valence-electron chi connectivity index (χ3n) is 3.50. The van der Waals surface area contributed by atoms with Crippen molar-refractivity contribution in [2.45, 2.75) is 47.0 Å². The van der Waals surface area contributed by atoms with Gasteiger partial charge in [0.1, 0.15) is 11.5 Å². The number of anilines is 2. The quantitative estimate of drug-likeness (QED) is 0.692. The fraction of sp³-hybridized carbons (Fsp3) is 0.750. The average Bonchev–Trinajstić information content (AvgIpc) is 2.51. The second-order valence-electron chi connectivity index (χ2n) is 5.61. The first kappa shape index (κ1) is 18.5. The molecule has 0 saturated heterocycles. The van der Waals surface area contributed by atoms with Crippen molar-refractivity contribution in [2.24, 2.45) is 0 Å². The van der Waals surface area contributed by atoms with Crippen molar-refractivity contribution >= 4 is 11.5 Å². The number of rotatable bonds is 10. The lowest BCUT2D eigenvalue weighted by Crippen LogP contribution is -2.29.